The van der Waals surface area contributed by atoms with E-state index in [2.05, 4.69) is 5.32 Å². The Bertz CT molecular complexity index is 1200. The summed E-state index contributed by atoms with van der Waals surface area (Å²) >= 11 is 17.9. The second-order valence-electron chi connectivity index (χ2n) is 6.75. The first-order valence-corrected chi connectivity index (χ1v) is 11.9. The topological polar surface area (TPSA) is 75.7 Å². The Kier molecular flexibility index (Phi) is 8.03. The number of hydrogen-bond donors (Lipinski definition) is 1. The molecule has 0 bridgehead atoms. The highest BCUT2D eigenvalue weighted by Crippen LogP contribution is 2.27. The normalized spacial score (nSPS) is 11.4. The summed E-state index contributed by atoms with van der Waals surface area (Å²) in [7, 11) is -2.52. The molecule has 0 heterocycles. The summed E-state index contributed by atoms with van der Waals surface area (Å²) in [5.41, 5.74) is 1.09. The average molecular weight is 514 g/mol. The van der Waals surface area contributed by atoms with Crippen molar-refractivity contribution in [2.45, 2.75) is 11.4 Å². The van der Waals surface area contributed by atoms with Crippen LogP contribution in [-0.2, 0) is 21.4 Å². The molecule has 0 aromatic heterocycles. The Hall–Kier alpha value is -2.29. The molecule has 0 aliphatic heterocycles. The van der Waals surface area contributed by atoms with E-state index in [9.17, 15) is 13.2 Å². The van der Waals surface area contributed by atoms with Gasteiger partial charge in [0.2, 0.25) is 15.9 Å². The van der Waals surface area contributed by atoms with Gasteiger partial charge in [-0.3, -0.25) is 4.79 Å². The number of anilines is 1. The fourth-order valence-corrected chi connectivity index (χ4v) is 4.77. The van der Waals surface area contributed by atoms with E-state index in [1.54, 1.807) is 36.4 Å². The van der Waals surface area contributed by atoms with E-state index >= 15 is 0 Å². The first kappa shape index (κ1) is 24.4. The number of carbonyl (C=O) groups is 1. The lowest BCUT2D eigenvalue weighted by Gasteiger charge is -2.22. The van der Waals surface area contributed by atoms with Crippen molar-refractivity contribution in [3.8, 4) is 5.75 Å². The third-order valence-corrected chi connectivity index (χ3v) is 7.08. The molecule has 1 N–H and O–H groups in total. The fraction of sp³-hybridized carbons (Fsp3) is 0.136. The monoisotopic (exact) mass is 512 g/mol. The molecule has 3 aromatic rings. The molecule has 0 fully saturated rings. The summed E-state index contributed by atoms with van der Waals surface area (Å²) in [6, 6.07) is 17.2. The molecule has 1 amide bonds. The maximum atomic E-state index is 13.3. The lowest BCUT2D eigenvalue weighted by Crippen LogP contribution is -2.37. The van der Waals surface area contributed by atoms with Gasteiger partial charge >= 0.3 is 0 Å². The molecule has 0 aliphatic carbocycles. The molecule has 6 nitrogen and oxygen atoms in total. The van der Waals surface area contributed by atoms with Gasteiger partial charge in [0.15, 0.2) is 0 Å². The molecule has 0 unspecified atom stereocenters. The Morgan fingerprint density at radius 2 is 1.53 bits per heavy atom. The number of hydrogen-bond acceptors (Lipinski definition) is 4. The molecular weight excluding hydrogens is 495 g/mol. The Balaban J connectivity index is 1.86. The second-order valence-corrected chi connectivity index (χ2v) is 9.97. The summed E-state index contributed by atoms with van der Waals surface area (Å²) in [4.78, 5) is 12.8. The van der Waals surface area contributed by atoms with Gasteiger partial charge in [0.25, 0.3) is 0 Å². The molecule has 0 saturated carbocycles. The van der Waals surface area contributed by atoms with Gasteiger partial charge in [-0.05, 0) is 60.2 Å². The first-order chi connectivity index (χ1) is 15.2. The van der Waals surface area contributed by atoms with Crippen LogP contribution in [-0.4, -0.2) is 32.3 Å². The van der Waals surface area contributed by atoms with Crippen LogP contribution in [0.1, 0.15) is 5.56 Å². The van der Waals surface area contributed by atoms with Gasteiger partial charge in [0, 0.05) is 22.3 Å². The third kappa shape index (κ3) is 6.15. The lowest BCUT2D eigenvalue weighted by atomic mass is 10.2. The number of ether oxygens (including phenoxy) is 1. The molecule has 3 aromatic carbocycles. The molecule has 0 aliphatic rings. The Labute approximate surface area is 201 Å². The molecule has 0 saturated heterocycles. The lowest BCUT2D eigenvalue weighted by molar-refractivity contribution is -0.116. The van der Waals surface area contributed by atoms with E-state index in [1.807, 2.05) is 0 Å². The number of sulfonamides is 1. The maximum absolute atomic E-state index is 13.3. The number of nitrogens with one attached hydrogen (secondary N) is 1. The SMILES string of the molecule is COc1ccc(NC(=O)CN(Cc2ccc(Cl)cc2)S(=O)(=O)c2ccc(Cl)cc2)cc1Cl. The molecule has 32 heavy (non-hydrogen) atoms. The van der Waals surface area contributed by atoms with Crippen molar-refractivity contribution in [2.24, 2.45) is 0 Å². The summed E-state index contributed by atoms with van der Waals surface area (Å²) in [6.45, 7) is -0.448. The number of carbonyl (C=O) groups excluding carboxylic acids is 1. The van der Waals surface area contributed by atoms with Crippen molar-refractivity contribution in [3.05, 3.63) is 87.4 Å². The van der Waals surface area contributed by atoms with Gasteiger partial charge in [0.05, 0.1) is 23.6 Å². The van der Waals surface area contributed by atoms with Crippen LogP contribution in [0.5, 0.6) is 5.75 Å². The maximum Gasteiger partial charge on any atom is 0.243 e. The van der Waals surface area contributed by atoms with Crippen LogP contribution in [0, 0.1) is 0 Å². The van der Waals surface area contributed by atoms with Crippen LogP contribution in [0.3, 0.4) is 0 Å². The van der Waals surface area contributed by atoms with Crippen molar-refractivity contribution in [2.75, 3.05) is 19.0 Å². The van der Waals surface area contributed by atoms with Crippen LogP contribution in [0.4, 0.5) is 5.69 Å². The van der Waals surface area contributed by atoms with Crippen molar-refractivity contribution in [1.82, 2.24) is 4.31 Å². The van der Waals surface area contributed by atoms with Gasteiger partial charge in [-0.2, -0.15) is 4.31 Å². The molecule has 0 atom stereocenters. The van der Waals surface area contributed by atoms with Crippen LogP contribution >= 0.6 is 34.8 Å². The zero-order valence-electron chi connectivity index (χ0n) is 16.9. The number of methoxy groups -OCH3 is 1. The van der Waals surface area contributed by atoms with Crippen molar-refractivity contribution < 1.29 is 17.9 Å². The molecular formula is C22H19Cl3N2O4S. The molecule has 0 spiro atoms. The largest absolute Gasteiger partial charge is 0.495 e. The Morgan fingerprint density at radius 3 is 2.09 bits per heavy atom. The Morgan fingerprint density at radius 1 is 0.938 bits per heavy atom. The van der Waals surface area contributed by atoms with Crippen LogP contribution in [0.2, 0.25) is 15.1 Å². The third-order valence-electron chi connectivity index (χ3n) is 4.48. The predicted molar refractivity (Wildman–Crippen MR) is 127 cm³/mol. The van der Waals surface area contributed by atoms with Gasteiger partial charge in [-0.1, -0.05) is 46.9 Å². The highest BCUT2D eigenvalue weighted by Gasteiger charge is 2.27. The minimum Gasteiger partial charge on any atom is -0.495 e. The standard InChI is InChI=1S/C22H19Cl3N2O4S/c1-31-21-11-8-18(12-20(21)25)26-22(28)14-27(13-15-2-4-16(23)5-3-15)32(29,30)19-9-6-17(24)7-10-19/h2-12H,13-14H2,1H3,(H,26,28). The predicted octanol–water partition coefficient (Wildman–Crippen LogP) is 5.49. The number of nitrogens with zero attached hydrogens (tertiary/aromatic N) is 1. The molecule has 10 heteroatoms. The zero-order valence-corrected chi connectivity index (χ0v) is 20.0. The fourth-order valence-electron chi connectivity index (χ4n) is 2.88. The number of rotatable bonds is 8. The van der Waals surface area contributed by atoms with E-state index in [1.165, 1.54) is 37.4 Å². The minimum absolute atomic E-state index is 0.0242. The van der Waals surface area contributed by atoms with Crippen LogP contribution < -0.4 is 10.1 Å². The van der Waals surface area contributed by atoms with Crippen LogP contribution in [0.25, 0.3) is 0 Å². The highest BCUT2D eigenvalue weighted by atomic mass is 35.5. The molecule has 3 rings (SSSR count). The molecule has 168 valence electrons. The summed E-state index contributed by atoms with van der Waals surface area (Å²) < 4.78 is 32.7. The smallest absolute Gasteiger partial charge is 0.243 e. The average Bonchev–Trinajstić information content (AvgIpc) is 2.75. The van der Waals surface area contributed by atoms with Gasteiger partial charge in [-0.15, -0.1) is 0 Å². The van der Waals surface area contributed by atoms with Gasteiger partial charge in [-0.25, -0.2) is 8.42 Å². The number of halogens is 3. The van der Waals surface area contributed by atoms with E-state index < -0.39 is 22.5 Å². The summed E-state index contributed by atoms with van der Waals surface area (Å²) in [6.07, 6.45) is 0. The zero-order chi connectivity index (χ0) is 23.3. The highest BCUT2D eigenvalue weighted by molar-refractivity contribution is 7.89. The van der Waals surface area contributed by atoms with Crippen molar-refractivity contribution >= 4 is 56.4 Å². The van der Waals surface area contributed by atoms with E-state index in [4.69, 9.17) is 39.5 Å². The van der Waals surface area contributed by atoms with Crippen molar-refractivity contribution in [1.29, 1.82) is 0 Å². The quantitative estimate of drug-likeness (QED) is 0.432. The first-order valence-electron chi connectivity index (χ1n) is 9.32. The number of benzene rings is 3. The van der Waals surface area contributed by atoms with E-state index in [0.717, 1.165) is 4.31 Å². The van der Waals surface area contributed by atoms with Crippen LogP contribution in [0.15, 0.2) is 71.6 Å². The molecule has 0 radical (unpaired) electrons. The number of amides is 1. The minimum atomic E-state index is -4.00. The second kappa shape index (κ2) is 10.6. The summed E-state index contributed by atoms with van der Waals surface area (Å²) in [5, 5.41) is 3.91. The van der Waals surface area contributed by atoms with Crippen molar-refractivity contribution in [3.63, 3.8) is 0 Å². The summed E-state index contributed by atoms with van der Waals surface area (Å²) in [5.74, 6) is -0.0721. The van der Waals surface area contributed by atoms with E-state index in [-0.39, 0.29) is 11.4 Å². The van der Waals surface area contributed by atoms with Gasteiger partial charge in [0.1, 0.15) is 5.75 Å². The van der Waals surface area contributed by atoms with Gasteiger partial charge < -0.3 is 10.1 Å². The van der Waals surface area contributed by atoms with E-state index in [0.29, 0.717) is 32.1 Å².